The number of nitrogens with one attached hydrogen (secondary N) is 1. The Morgan fingerprint density at radius 3 is 1.71 bits per heavy atom. The van der Waals surface area contributed by atoms with Crippen molar-refractivity contribution in [1.29, 1.82) is 0 Å². The van der Waals surface area contributed by atoms with Crippen molar-refractivity contribution in [2.45, 2.75) is 65.8 Å². The van der Waals surface area contributed by atoms with Gasteiger partial charge < -0.3 is 18.5 Å². The molecule has 0 saturated heterocycles. The van der Waals surface area contributed by atoms with Gasteiger partial charge in [-0.25, -0.2) is 17.7 Å². The predicted molar refractivity (Wildman–Crippen MR) is 143 cm³/mol. The van der Waals surface area contributed by atoms with E-state index in [1.54, 1.807) is 6.07 Å². The zero-order valence-corrected chi connectivity index (χ0v) is 24.7. The number of esters is 2. The lowest BCUT2D eigenvalue weighted by Crippen LogP contribution is -2.41. The Bertz CT molecular complexity index is 1210. The molecule has 2 aromatic carbocycles. The predicted octanol–water partition coefficient (Wildman–Crippen LogP) is 7.26. The molecule has 0 amide bonds. The fourth-order valence-corrected chi connectivity index (χ4v) is 5.16. The van der Waals surface area contributed by atoms with Crippen molar-refractivity contribution in [2.24, 2.45) is 11.8 Å². The molecule has 0 aromatic heterocycles. The first-order chi connectivity index (χ1) is 19.9. The molecule has 2 aromatic rings. The highest BCUT2D eigenvalue weighted by Gasteiger charge is 2.40. The van der Waals surface area contributed by atoms with Crippen molar-refractivity contribution >= 4 is 19.7 Å². The van der Waals surface area contributed by atoms with E-state index in [2.05, 4.69) is 5.09 Å². The molecule has 0 aliphatic heterocycles. The highest BCUT2D eigenvalue weighted by molar-refractivity contribution is 7.52. The van der Waals surface area contributed by atoms with Crippen LogP contribution in [0.3, 0.4) is 0 Å². The third-order valence-corrected chi connectivity index (χ3v) is 8.07. The molecular weight excluding hydrogens is 588 g/mol. The van der Waals surface area contributed by atoms with E-state index in [1.807, 2.05) is 27.7 Å². The second-order valence-electron chi connectivity index (χ2n) is 9.46. The molecule has 0 fully saturated rings. The second-order valence-corrected chi connectivity index (χ2v) is 11.1. The molecule has 8 nitrogen and oxygen atoms in total. The van der Waals surface area contributed by atoms with Crippen LogP contribution in [-0.2, 0) is 23.6 Å². The van der Waals surface area contributed by atoms with Gasteiger partial charge >= 0.3 is 19.7 Å². The summed E-state index contributed by atoms with van der Waals surface area (Å²) in [5, 5.41) is 2.11. The highest BCUT2D eigenvalue weighted by atomic mass is 31.2. The fourth-order valence-electron chi connectivity index (χ4n) is 3.63. The molecule has 0 saturated carbocycles. The summed E-state index contributed by atoms with van der Waals surface area (Å²) in [6.45, 7) is 7.49. The standard InChI is InChI=1S/C28H35F5NO7P/c1-5-17(6-2)15-38-21(35)14-20(28(36)39-16-18(7-3)8-4)34-42(37,40-19-12-10-9-11-13-19)41-27-25(32)23(30)22(29)24(31)26(27)33/h9-13,17-18,20H,5-8,14-16H2,1-4H3,(H,34,37)/t20-,42-/m0/s1. The van der Waals surface area contributed by atoms with E-state index in [1.165, 1.54) is 24.3 Å². The zero-order chi connectivity index (χ0) is 31.4. The van der Waals surface area contributed by atoms with Gasteiger partial charge in [0.15, 0.2) is 0 Å². The minimum atomic E-state index is -5.24. The van der Waals surface area contributed by atoms with E-state index in [0.29, 0.717) is 25.7 Å². The van der Waals surface area contributed by atoms with Gasteiger partial charge in [0.2, 0.25) is 34.8 Å². The van der Waals surface area contributed by atoms with Crippen LogP contribution < -0.4 is 14.1 Å². The van der Waals surface area contributed by atoms with Gasteiger partial charge in [0.1, 0.15) is 11.8 Å². The highest BCUT2D eigenvalue weighted by Crippen LogP contribution is 2.48. The molecule has 2 rings (SSSR count). The van der Waals surface area contributed by atoms with E-state index in [4.69, 9.17) is 18.5 Å². The molecule has 0 heterocycles. The van der Waals surface area contributed by atoms with Crippen LogP contribution in [0.25, 0.3) is 0 Å². The third-order valence-electron chi connectivity index (χ3n) is 6.57. The number of carbonyl (C=O) groups is 2. The number of halogens is 5. The van der Waals surface area contributed by atoms with E-state index in [-0.39, 0.29) is 30.8 Å². The van der Waals surface area contributed by atoms with Gasteiger partial charge in [0.25, 0.3) is 0 Å². The van der Waals surface area contributed by atoms with E-state index in [9.17, 15) is 36.1 Å². The average Bonchev–Trinajstić information content (AvgIpc) is 2.98. The maximum atomic E-state index is 14.5. The number of ether oxygens (including phenoxy) is 2. The first-order valence-corrected chi connectivity index (χ1v) is 15.1. The van der Waals surface area contributed by atoms with Crippen molar-refractivity contribution in [3.8, 4) is 11.5 Å². The Labute approximate surface area is 241 Å². The molecule has 14 heteroatoms. The smallest absolute Gasteiger partial charge is 0.465 e. The number of para-hydroxylation sites is 1. The van der Waals surface area contributed by atoms with Gasteiger partial charge in [-0.2, -0.15) is 13.9 Å². The van der Waals surface area contributed by atoms with Crippen molar-refractivity contribution < 1.29 is 54.6 Å². The van der Waals surface area contributed by atoms with E-state index < -0.39 is 67.0 Å². The monoisotopic (exact) mass is 623 g/mol. The van der Waals surface area contributed by atoms with Crippen LogP contribution in [0.5, 0.6) is 11.5 Å². The minimum Gasteiger partial charge on any atom is -0.465 e. The van der Waals surface area contributed by atoms with Gasteiger partial charge in [-0.05, 0) is 24.0 Å². The van der Waals surface area contributed by atoms with Crippen LogP contribution in [0.4, 0.5) is 22.0 Å². The Hall–Kier alpha value is -3.18. The molecule has 0 unspecified atom stereocenters. The molecule has 0 aliphatic carbocycles. The first-order valence-electron chi connectivity index (χ1n) is 13.5. The topological polar surface area (TPSA) is 100 Å². The van der Waals surface area contributed by atoms with E-state index in [0.717, 1.165) is 0 Å². The molecule has 234 valence electrons. The lowest BCUT2D eigenvalue weighted by Gasteiger charge is -2.25. The minimum absolute atomic E-state index is 0.0283. The molecule has 1 N–H and O–H groups in total. The third kappa shape index (κ3) is 9.69. The Kier molecular flexibility index (Phi) is 13.7. The molecular formula is C28H35F5NO7P. The summed E-state index contributed by atoms with van der Waals surface area (Å²) < 4.78 is 105. The Morgan fingerprint density at radius 1 is 0.738 bits per heavy atom. The first kappa shape index (κ1) is 35.0. The average molecular weight is 624 g/mol. The summed E-state index contributed by atoms with van der Waals surface area (Å²) in [7, 11) is -5.24. The Balaban J connectivity index is 2.48. The SMILES string of the molecule is CCC(CC)COC(=O)C[C@H](N[P@](=O)(Oc1ccccc1)Oc1c(F)c(F)c(F)c(F)c1F)C(=O)OCC(CC)CC. The molecule has 0 radical (unpaired) electrons. The maximum Gasteiger partial charge on any atom is 0.513 e. The van der Waals surface area contributed by atoms with Gasteiger partial charge in [0, 0.05) is 0 Å². The van der Waals surface area contributed by atoms with Crippen molar-refractivity contribution in [2.75, 3.05) is 13.2 Å². The summed E-state index contributed by atoms with van der Waals surface area (Å²) >= 11 is 0. The van der Waals surface area contributed by atoms with Crippen LogP contribution in [0, 0.1) is 40.9 Å². The number of hydrogen-bond donors (Lipinski definition) is 1. The summed E-state index contributed by atoms with van der Waals surface area (Å²) in [6, 6.07) is 5.07. The number of benzene rings is 2. The van der Waals surface area contributed by atoms with Crippen molar-refractivity contribution in [1.82, 2.24) is 5.09 Å². The Morgan fingerprint density at radius 2 is 1.21 bits per heavy atom. The number of carbonyl (C=O) groups excluding carboxylic acids is 2. The van der Waals surface area contributed by atoms with Crippen LogP contribution in [-0.4, -0.2) is 31.2 Å². The van der Waals surface area contributed by atoms with Gasteiger partial charge in [0.05, 0.1) is 19.6 Å². The summed E-state index contributed by atoms with van der Waals surface area (Å²) in [4.78, 5) is 25.8. The van der Waals surface area contributed by atoms with Crippen LogP contribution in [0.15, 0.2) is 30.3 Å². The van der Waals surface area contributed by atoms with Crippen molar-refractivity contribution in [3.63, 3.8) is 0 Å². The molecule has 0 bridgehead atoms. The lowest BCUT2D eigenvalue weighted by atomic mass is 10.1. The summed E-state index contributed by atoms with van der Waals surface area (Å²) in [6.07, 6.45) is 1.93. The fraction of sp³-hybridized carbons (Fsp3) is 0.500. The lowest BCUT2D eigenvalue weighted by molar-refractivity contribution is -0.153. The van der Waals surface area contributed by atoms with Crippen LogP contribution in [0.2, 0.25) is 0 Å². The summed E-state index contributed by atoms with van der Waals surface area (Å²) in [5.41, 5.74) is 0. The van der Waals surface area contributed by atoms with Gasteiger partial charge in [-0.1, -0.05) is 71.6 Å². The summed E-state index contributed by atoms with van der Waals surface area (Å²) in [5.74, 6) is -16.2. The molecule has 2 atom stereocenters. The van der Waals surface area contributed by atoms with Crippen molar-refractivity contribution in [3.05, 3.63) is 59.4 Å². The largest absolute Gasteiger partial charge is 0.513 e. The molecule has 0 aliphatic rings. The molecule has 42 heavy (non-hydrogen) atoms. The molecule has 0 spiro atoms. The number of hydrogen-bond acceptors (Lipinski definition) is 7. The zero-order valence-electron chi connectivity index (χ0n) is 23.8. The number of rotatable bonds is 17. The normalized spacial score (nSPS) is 13.5. The van der Waals surface area contributed by atoms with Gasteiger partial charge in [-0.15, -0.1) is 0 Å². The second kappa shape index (κ2) is 16.5. The quantitative estimate of drug-likeness (QED) is 0.0647. The van der Waals surface area contributed by atoms with E-state index >= 15 is 0 Å². The van der Waals surface area contributed by atoms with Gasteiger partial charge in [-0.3, -0.25) is 9.59 Å². The van der Waals surface area contributed by atoms with Crippen LogP contribution >= 0.6 is 7.75 Å². The van der Waals surface area contributed by atoms with Crippen LogP contribution in [0.1, 0.15) is 59.8 Å². The maximum absolute atomic E-state index is 14.5.